The van der Waals surface area contributed by atoms with Crippen molar-refractivity contribution < 1.29 is 14.3 Å². The number of carbonyl (C=O) groups is 2. The third-order valence-electron chi connectivity index (χ3n) is 3.34. The van der Waals surface area contributed by atoms with Crippen molar-refractivity contribution in [2.24, 2.45) is 14.1 Å². The first-order valence-electron chi connectivity index (χ1n) is 7.20. The first-order chi connectivity index (χ1) is 11.3. The lowest BCUT2D eigenvalue weighted by atomic mass is 10.2. The van der Waals surface area contributed by atoms with E-state index in [9.17, 15) is 19.2 Å². The summed E-state index contributed by atoms with van der Waals surface area (Å²) < 4.78 is 6.88. The highest BCUT2D eigenvalue weighted by Crippen LogP contribution is 2.11. The number of carbonyl (C=O) groups excluding carboxylic acids is 2. The summed E-state index contributed by atoms with van der Waals surface area (Å²) in [6, 6.07) is 6.06. The normalized spacial score (nSPS) is 10.3. The van der Waals surface area contributed by atoms with Gasteiger partial charge in [-0.1, -0.05) is 0 Å². The van der Waals surface area contributed by atoms with Crippen LogP contribution in [0.15, 0.2) is 40.1 Å². The Hall–Kier alpha value is -3.16. The fourth-order valence-electron chi connectivity index (χ4n) is 2.07. The van der Waals surface area contributed by atoms with Crippen molar-refractivity contribution in [2.75, 3.05) is 11.9 Å². The van der Waals surface area contributed by atoms with Crippen LogP contribution in [0.25, 0.3) is 0 Å². The standard InChI is InChI=1S/C16H17N3O5/c1-4-24-15(22)10-5-7-11(8-6-10)17-13(20)12-9-18(2)16(23)19(3)14(12)21/h5-9H,4H2,1-3H3,(H,17,20). The van der Waals surface area contributed by atoms with E-state index in [1.807, 2.05) is 0 Å². The number of hydrogen-bond acceptors (Lipinski definition) is 5. The smallest absolute Gasteiger partial charge is 0.338 e. The van der Waals surface area contributed by atoms with Crippen LogP contribution in [-0.4, -0.2) is 27.6 Å². The maximum absolute atomic E-state index is 12.2. The molecule has 1 heterocycles. The summed E-state index contributed by atoms with van der Waals surface area (Å²) in [5.41, 5.74) is -0.597. The molecule has 0 unspecified atom stereocenters. The lowest BCUT2D eigenvalue weighted by Crippen LogP contribution is -2.40. The highest BCUT2D eigenvalue weighted by Gasteiger charge is 2.15. The first kappa shape index (κ1) is 17.2. The lowest BCUT2D eigenvalue weighted by molar-refractivity contribution is 0.0526. The zero-order valence-electron chi connectivity index (χ0n) is 13.5. The third-order valence-corrected chi connectivity index (χ3v) is 3.34. The number of aryl methyl sites for hydroxylation is 1. The van der Waals surface area contributed by atoms with Crippen LogP contribution in [-0.2, 0) is 18.8 Å². The summed E-state index contributed by atoms with van der Waals surface area (Å²) in [7, 11) is 2.75. The molecule has 0 aliphatic rings. The van der Waals surface area contributed by atoms with E-state index in [4.69, 9.17) is 4.74 Å². The minimum atomic E-state index is -0.682. The molecular formula is C16H17N3O5. The van der Waals surface area contributed by atoms with Gasteiger partial charge >= 0.3 is 11.7 Å². The Kier molecular flexibility index (Phi) is 4.98. The van der Waals surface area contributed by atoms with Crippen LogP contribution in [0.1, 0.15) is 27.6 Å². The second-order valence-electron chi connectivity index (χ2n) is 5.05. The molecule has 126 valence electrons. The predicted octanol–water partition coefficient (Wildman–Crippen LogP) is 0.513. The van der Waals surface area contributed by atoms with E-state index in [0.29, 0.717) is 11.3 Å². The summed E-state index contributed by atoms with van der Waals surface area (Å²) in [6.45, 7) is 1.98. The van der Waals surface area contributed by atoms with Gasteiger partial charge in [0.05, 0.1) is 12.2 Å². The molecule has 0 saturated heterocycles. The van der Waals surface area contributed by atoms with Gasteiger partial charge in [-0.25, -0.2) is 9.59 Å². The first-order valence-corrected chi connectivity index (χ1v) is 7.20. The highest BCUT2D eigenvalue weighted by molar-refractivity contribution is 6.04. The number of amides is 1. The van der Waals surface area contributed by atoms with Gasteiger partial charge in [0.2, 0.25) is 0 Å². The minimum absolute atomic E-state index is 0.158. The molecule has 2 rings (SSSR count). The van der Waals surface area contributed by atoms with Crippen LogP contribution < -0.4 is 16.6 Å². The number of anilines is 1. The zero-order chi connectivity index (χ0) is 17.9. The second-order valence-corrected chi connectivity index (χ2v) is 5.05. The molecule has 8 nitrogen and oxygen atoms in total. The number of hydrogen-bond donors (Lipinski definition) is 1. The zero-order valence-corrected chi connectivity index (χ0v) is 13.5. The SMILES string of the molecule is CCOC(=O)c1ccc(NC(=O)c2cn(C)c(=O)n(C)c2=O)cc1. The number of nitrogens with zero attached hydrogens (tertiary/aromatic N) is 2. The van der Waals surface area contributed by atoms with Crippen LogP contribution in [0.2, 0.25) is 0 Å². The number of ether oxygens (including phenoxy) is 1. The van der Waals surface area contributed by atoms with Crippen molar-refractivity contribution in [3.8, 4) is 0 Å². The third kappa shape index (κ3) is 3.43. The fraction of sp³-hybridized carbons (Fsp3) is 0.250. The van der Waals surface area contributed by atoms with Crippen LogP contribution in [0.4, 0.5) is 5.69 Å². The van der Waals surface area contributed by atoms with Gasteiger partial charge in [-0.15, -0.1) is 0 Å². The average Bonchev–Trinajstić information content (AvgIpc) is 2.57. The highest BCUT2D eigenvalue weighted by atomic mass is 16.5. The molecule has 0 aliphatic carbocycles. The fourth-order valence-corrected chi connectivity index (χ4v) is 2.07. The van der Waals surface area contributed by atoms with Gasteiger partial charge in [0.1, 0.15) is 5.56 Å². The Morgan fingerprint density at radius 3 is 2.33 bits per heavy atom. The van der Waals surface area contributed by atoms with Crippen LogP contribution in [0.5, 0.6) is 0 Å². The van der Waals surface area contributed by atoms with Gasteiger partial charge in [-0.2, -0.15) is 0 Å². The van der Waals surface area contributed by atoms with Gasteiger partial charge < -0.3 is 14.6 Å². The van der Waals surface area contributed by atoms with Crippen molar-refractivity contribution in [1.82, 2.24) is 9.13 Å². The van der Waals surface area contributed by atoms with Crippen LogP contribution in [0, 0.1) is 0 Å². The molecule has 0 saturated carbocycles. The Labute approximate surface area is 137 Å². The number of esters is 1. The number of benzene rings is 1. The number of aromatic nitrogens is 2. The lowest BCUT2D eigenvalue weighted by Gasteiger charge is -2.08. The molecule has 1 amide bonds. The van der Waals surface area contributed by atoms with E-state index in [1.165, 1.54) is 44.6 Å². The molecule has 0 bridgehead atoms. The van der Waals surface area contributed by atoms with Crippen molar-refractivity contribution in [3.63, 3.8) is 0 Å². The Morgan fingerprint density at radius 1 is 1.12 bits per heavy atom. The molecule has 2 aromatic rings. The largest absolute Gasteiger partial charge is 0.462 e. The molecule has 0 atom stereocenters. The van der Waals surface area contributed by atoms with Crippen molar-refractivity contribution in [3.05, 3.63) is 62.4 Å². The van der Waals surface area contributed by atoms with Gasteiger partial charge in [-0.3, -0.25) is 14.2 Å². The van der Waals surface area contributed by atoms with Crippen molar-refractivity contribution in [2.45, 2.75) is 6.92 Å². The maximum atomic E-state index is 12.2. The molecule has 1 aromatic heterocycles. The van der Waals surface area contributed by atoms with E-state index < -0.39 is 23.1 Å². The molecule has 0 radical (unpaired) electrons. The average molecular weight is 331 g/mol. The molecular weight excluding hydrogens is 314 g/mol. The summed E-state index contributed by atoms with van der Waals surface area (Å²) >= 11 is 0. The van der Waals surface area contributed by atoms with Crippen molar-refractivity contribution >= 4 is 17.6 Å². The van der Waals surface area contributed by atoms with Crippen molar-refractivity contribution in [1.29, 1.82) is 0 Å². The quantitative estimate of drug-likeness (QED) is 0.823. The topological polar surface area (TPSA) is 99.4 Å². The second kappa shape index (κ2) is 6.95. The van der Waals surface area contributed by atoms with Crippen LogP contribution >= 0.6 is 0 Å². The Balaban J connectivity index is 2.23. The van der Waals surface area contributed by atoms with Gasteiger partial charge in [0.25, 0.3) is 11.5 Å². The molecule has 8 heteroatoms. The Morgan fingerprint density at radius 2 is 1.75 bits per heavy atom. The molecule has 24 heavy (non-hydrogen) atoms. The maximum Gasteiger partial charge on any atom is 0.338 e. The van der Waals surface area contributed by atoms with E-state index in [2.05, 4.69) is 5.32 Å². The number of nitrogens with one attached hydrogen (secondary N) is 1. The molecule has 1 aromatic carbocycles. The summed E-state index contributed by atoms with van der Waals surface area (Å²) in [6.07, 6.45) is 1.19. The molecule has 0 aliphatic heterocycles. The molecule has 1 N–H and O–H groups in total. The van der Waals surface area contributed by atoms with E-state index in [-0.39, 0.29) is 12.2 Å². The van der Waals surface area contributed by atoms with Gasteiger partial charge in [-0.05, 0) is 31.2 Å². The molecule has 0 fully saturated rings. The summed E-state index contributed by atoms with van der Waals surface area (Å²) in [5.74, 6) is -1.10. The van der Waals surface area contributed by atoms with Crippen LogP contribution in [0.3, 0.4) is 0 Å². The number of rotatable bonds is 4. The van der Waals surface area contributed by atoms with Gasteiger partial charge in [0.15, 0.2) is 0 Å². The monoisotopic (exact) mass is 331 g/mol. The van der Waals surface area contributed by atoms with E-state index in [1.54, 1.807) is 6.92 Å². The molecule has 0 spiro atoms. The van der Waals surface area contributed by atoms with E-state index >= 15 is 0 Å². The predicted molar refractivity (Wildman–Crippen MR) is 87.3 cm³/mol. The summed E-state index contributed by atoms with van der Waals surface area (Å²) in [5, 5.41) is 2.55. The minimum Gasteiger partial charge on any atom is -0.462 e. The van der Waals surface area contributed by atoms with Gasteiger partial charge in [0, 0.05) is 26.0 Å². The Bertz CT molecular complexity index is 893. The summed E-state index contributed by atoms with van der Waals surface area (Å²) in [4.78, 5) is 47.4. The van der Waals surface area contributed by atoms with E-state index in [0.717, 1.165) is 9.13 Å².